The summed E-state index contributed by atoms with van der Waals surface area (Å²) in [5.74, 6) is 0.0826. The van der Waals surface area contributed by atoms with Gasteiger partial charge >= 0.3 is 0 Å². The standard InChI is InChI=1S/C17H11Cl3N2O2/c1-24-14-4-2-13(3-5-14)22-17(23)11(9-21)6-10-7-12(18)8-15(19)16(10)20/h2-8H,1H3,(H,22,23)/b11-6-. The second-order valence-corrected chi connectivity index (χ2v) is 5.86. The number of methoxy groups -OCH3 is 1. The third-order valence-corrected chi connectivity index (χ3v) is 4.07. The molecule has 1 N–H and O–H groups in total. The Morgan fingerprint density at radius 1 is 1.21 bits per heavy atom. The van der Waals surface area contributed by atoms with Gasteiger partial charge in [0.15, 0.2) is 0 Å². The SMILES string of the molecule is COc1ccc(NC(=O)/C(C#N)=C\c2cc(Cl)cc(Cl)c2Cl)cc1. The number of nitrogens with one attached hydrogen (secondary N) is 1. The zero-order valence-corrected chi connectivity index (χ0v) is 14.7. The van der Waals surface area contributed by atoms with Crippen LogP contribution in [-0.2, 0) is 4.79 Å². The number of benzene rings is 2. The lowest BCUT2D eigenvalue weighted by molar-refractivity contribution is -0.112. The van der Waals surface area contributed by atoms with Crippen LogP contribution in [-0.4, -0.2) is 13.0 Å². The van der Waals surface area contributed by atoms with Gasteiger partial charge in [0.25, 0.3) is 5.91 Å². The molecule has 0 saturated carbocycles. The highest BCUT2D eigenvalue weighted by atomic mass is 35.5. The predicted octanol–water partition coefficient (Wildman–Crippen LogP) is 5.20. The Labute approximate surface area is 154 Å². The van der Waals surface area contributed by atoms with E-state index in [2.05, 4.69) is 5.32 Å². The van der Waals surface area contributed by atoms with E-state index in [4.69, 9.17) is 39.5 Å². The smallest absolute Gasteiger partial charge is 0.266 e. The fraction of sp³-hybridized carbons (Fsp3) is 0.0588. The molecule has 122 valence electrons. The highest BCUT2D eigenvalue weighted by Gasteiger charge is 2.12. The molecule has 0 aliphatic heterocycles. The fourth-order valence-corrected chi connectivity index (χ4v) is 2.53. The molecule has 7 heteroatoms. The summed E-state index contributed by atoms with van der Waals surface area (Å²) in [6.45, 7) is 0. The van der Waals surface area contributed by atoms with Gasteiger partial charge in [0.05, 0.1) is 17.2 Å². The molecule has 24 heavy (non-hydrogen) atoms. The highest BCUT2D eigenvalue weighted by Crippen LogP contribution is 2.31. The lowest BCUT2D eigenvalue weighted by Gasteiger charge is -2.07. The van der Waals surface area contributed by atoms with E-state index in [0.29, 0.717) is 22.0 Å². The van der Waals surface area contributed by atoms with E-state index >= 15 is 0 Å². The van der Waals surface area contributed by atoms with Gasteiger partial charge in [-0.05, 0) is 48.0 Å². The first-order valence-corrected chi connectivity index (χ1v) is 7.79. The molecular formula is C17H11Cl3N2O2. The lowest BCUT2D eigenvalue weighted by atomic mass is 10.1. The molecule has 0 aliphatic carbocycles. The maximum atomic E-state index is 12.2. The van der Waals surface area contributed by atoms with Gasteiger partial charge in [-0.1, -0.05) is 34.8 Å². The summed E-state index contributed by atoms with van der Waals surface area (Å²) in [6.07, 6.45) is 1.33. The Morgan fingerprint density at radius 3 is 2.46 bits per heavy atom. The van der Waals surface area contributed by atoms with E-state index in [1.807, 2.05) is 6.07 Å². The molecule has 0 spiro atoms. The van der Waals surface area contributed by atoms with E-state index < -0.39 is 5.91 Å². The van der Waals surface area contributed by atoms with Gasteiger partial charge < -0.3 is 10.1 Å². The summed E-state index contributed by atoms with van der Waals surface area (Å²) >= 11 is 17.9. The zero-order chi connectivity index (χ0) is 17.7. The molecular weight excluding hydrogens is 371 g/mol. The van der Waals surface area contributed by atoms with E-state index in [-0.39, 0.29) is 15.6 Å². The second kappa shape index (κ2) is 8.07. The number of hydrogen-bond donors (Lipinski definition) is 1. The van der Waals surface area contributed by atoms with Crippen LogP contribution in [0, 0.1) is 11.3 Å². The Bertz CT molecular complexity index is 840. The number of nitrogens with zero attached hydrogens (tertiary/aromatic N) is 1. The van der Waals surface area contributed by atoms with Crippen molar-refractivity contribution >= 4 is 52.5 Å². The number of anilines is 1. The summed E-state index contributed by atoms with van der Waals surface area (Å²) in [5, 5.41) is 12.7. The number of rotatable bonds is 4. The van der Waals surface area contributed by atoms with Crippen molar-refractivity contribution < 1.29 is 9.53 Å². The normalized spacial score (nSPS) is 10.9. The molecule has 0 aliphatic rings. The topological polar surface area (TPSA) is 62.1 Å². The van der Waals surface area contributed by atoms with E-state index in [1.165, 1.54) is 18.2 Å². The monoisotopic (exact) mass is 380 g/mol. The summed E-state index contributed by atoms with van der Waals surface area (Å²) in [5.41, 5.74) is 0.777. The molecule has 0 aromatic heterocycles. The van der Waals surface area contributed by atoms with Gasteiger partial charge in [0.1, 0.15) is 17.4 Å². The van der Waals surface area contributed by atoms with Crippen molar-refractivity contribution in [1.29, 1.82) is 5.26 Å². The minimum Gasteiger partial charge on any atom is -0.497 e. The molecule has 1 amide bonds. The summed E-state index contributed by atoms with van der Waals surface area (Å²) in [4.78, 5) is 12.2. The first kappa shape index (κ1) is 18.2. The minimum atomic E-state index is -0.574. The summed E-state index contributed by atoms with van der Waals surface area (Å²) < 4.78 is 5.04. The van der Waals surface area contributed by atoms with Gasteiger partial charge in [-0.15, -0.1) is 0 Å². The number of hydrogen-bond acceptors (Lipinski definition) is 3. The van der Waals surface area contributed by atoms with Crippen LogP contribution in [0.15, 0.2) is 42.0 Å². The maximum Gasteiger partial charge on any atom is 0.266 e. The van der Waals surface area contributed by atoms with Crippen LogP contribution in [0.3, 0.4) is 0 Å². The average molecular weight is 382 g/mol. The first-order chi connectivity index (χ1) is 11.4. The predicted molar refractivity (Wildman–Crippen MR) is 96.7 cm³/mol. The Balaban J connectivity index is 2.27. The van der Waals surface area contributed by atoms with Crippen molar-refractivity contribution in [3.8, 4) is 11.8 Å². The van der Waals surface area contributed by atoms with Crippen molar-refractivity contribution in [3.63, 3.8) is 0 Å². The molecule has 0 atom stereocenters. The molecule has 0 heterocycles. The van der Waals surface area contributed by atoms with Crippen LogP contribution in [0.5, 0.6) is 5.75 Å². The van der Waals surface area contributed by atoms with E-state index in [1.54, 1.807) is 31.4 Å². The average Bonchev–Trinajstić information content (AvgIpc) is 2.57. The largest absolute Gasteiger partial charge is 0.497 e. The van der Waals surface area contributed by atoms with Crippen LogP contribution in [0.1, 0.15) is 5.56 Å². The van der Waals surface area contributed by atoms with E-state index in [0.717, 1.165) is 0 Å². The van der Waals surface area contributed by atoms with Crippen molar-refractivity contribution in [1.82, 2.24) is 0 Å². The Morgan fingerprint density at radius 2 is 1.88 bits per heavy atom. The van der Waals surface area contributed by atoms with Gasteiger partial charge in [0, 0.05) is 10.7 Å². The maximum absolute atomic E-state index is 12.2. The van der Waals surface area contributed by atoms with Gasteiger partial charge in [-0.25, -0.2) is 0 Å². The molecule has 4 nitrogen and oxygen atoms in total. The molecule has 2 aromatic carbocycles. The number of carbonyl (C=O) groups is 1. The van der Waals surface area contributed by atoms with Gasteiger partial charge in [-0.3, -0.25) is 4.79 Å². The van der Waals surface area contributed by atoms with Crippen molar-refractivity contribution in [2.24, 2.45) is 0 Å². The number of ether oxygens (including phenoxy) is 1. The molecule has 0 unspecified atom stereocenters. The summed E-state index contributed by atoms with van der Waals surface area (Å²) in [6, 6.07) is 11.5. The number of carbonyl (C=O) groups excluding carboxylic acids is 1. The highest BCUT2D eigenvalue weighted by molar-refractivity contribution is 6.44. The Hall–Kier alpha value is -2.19. The lowest BCUT2D eigenvalue weighted by Crippen LogP contribution is -2.13. The fourth-order valence-electron chi connectivity index (χ4n) is 1.86. The molecule has 0 bridgehead atoms. The van der Waals surface area contributed by atoms with E-state index in [9.17, 15) is 10.1 Å². The minimum absolute atomic E-state index is 0.133. The third kappa shape index (κ3) is 4.42. The molecule has 2 rings (SSSR count). The Kier molecular flexibility index (Phi) is 6.10. The molecule has 0 fully saturated rings. The van der Waals surface area contributed by atoms with Gasteiger partial charge in [-0.2, -0.15) is 5.26 Å². The first-order valence-electron chi connectivity index (χ1n) is 6.66. The number of nitriles is 1. The van der Waals surface area contributed by atoms with Gasteiger partial charge in [0.2, 0.25) is 0 Å². The third-order valence-electron chi connectivity index (χ3n) is 3.03. The van der Waals surface area contributed by atoms with Crippen LogP contribution < -0.4 is 10.1 Å². The number of halogens is 3. The van der Waals surface area contributed by atoms with Crippen LogP contribution >= 0.6 is 34.8 Å². The molecule has 2 aromatic rings. The van der Waals surface area contributed by atoms with Crippen LogP contribution in [0.25, 0.3) is 6.08 Å². The molecule has 0 saturated heterocycles. The number of amides is 1. The quantitative estimate of drug-likeness (QED) is 0.450. The van der Waals surface area contributed by atoms with Crippen LogP contribution in [0.2, 0.25) is 15.1 Å². The summed E-state index contributed by atoms with van der Waals surface area (Å²) in [7, 11) is 1.55. The van der Waals surface area contributed by atoms with Crippen molar-refractivity contribution in [2.75, 3.05) is 12.4 Å². The van der Waals surface area contributed by atoms with Crippen molar-refractivity contribution in [2.45, 2.75) is 0 Å². The zero-order valence-electron chi connectivity index (χ0n) is 12.4. The van der Waals surface area contributed by atoms with Crippen LogP contribution in [0.4, 0.5) is 5.69 Å². The second-order valence-electron chi connectivity index (χ2n) is 4.64. The van der Waals surface area contributed by atoms with Crippen molar-refractivity contribution in [3.05, 3.63) is 62.6 Å². The molecule has 0 radical (unpaired) electrons.